The van der Waals surface area contributed by atoms with E-state index >= 15 is 0 Å². The van der Waals surface area contributed by atoms with Gasteiger partial charge in [-0.3, -0.25) is 15.1 Å². The molecule has 2 rings (SSSR count). The van der Waals surface area contributed by atoms with Gasteiger partial charge in [0.05, 0.1) is 11.0 Å². The molecule has 0 aliphatic carbocycles. The van der Waals surface area contributed by atoms with Crippen LogP contribution in [-0.4, -0.2) is 15.9 Å². The van der Waals surface area contributed by atoms with Crippen molar-refractivity contribution in [1.82, 2.24) is 10.3 Å². The first-order valence-corrected chi connectivity index (χ1v) is 6.70. The van der Waals surface area contributed by atoms with Gasteiger partial charge in [-0.2, -0.15) is 0 Å². The highest BCUT2D eigenvalue weighted by atomic mass is 16.6. The number of urea groups is 1. The number of benzene rings is 1. The maximum Gasteiger partial charge on any atom is 0.319 e. The van der Waals surface area contributed by atoms with Crippen LogP contribution in [0.3, 0.4) is 0 Å². The van der Waals surface area contributed by atoms with Crippen molar-refractivity contribution >= 4 is 17.4 Å². The number of hydrogen-bond donors (Lipinski definition) is 2. The molecule has 0 fully saturated rings. The van der Waals surface area contributed by atoms with Crippen LogP contribution in [0.1, 0.15) is 24.1 Å². The van der Waals surface area contributed by atoms with Crippen molar-refractivity contribution in [2.45, 2.75) is 19.9 Å². The van der Waals surface area contributed by atoms with E-state index in [4.69, 9.17) is 0 Å². The third kappa shape index (κ3) is 3.78. The number of nitro groups is 1. The number of pyridine rings is 1. The van der Waals surface area contributed by atoms with Gasteiger partial charge in [0.15, 0.2) is 0 Å². The van der Waals surface area contributed by atoms with Crippen LogP contribution in [0.25, 0.3) is 0 Å². The summed E-state index contributed by atoms with van der Waals surface area (Å²) in [6.07, 6.45) is 3.32. The predicted molar refractivity (Wildman–Crippen MR) is 82.6 cm³/mol. The molecule has 1 aromatic carbocycles. The summed E-state index contributed by atoms with van der Waals surface area (Å²) in [5.74, 6) is 0. The first-order valence-electron chi connectivity index (χ1n) is 6.70. The molecule has 1 atom stereocenters. The van der Waals surface area contributed by atoms with Crippen LogP contribution in [0.4, 0.5) is 16.2 Å². The van der Waals surface area contributed by atoms with Crippen LogP contribution in [0.2, 0.25) is 0 Å². The maximum atomic E-state index is 12.0. The molecule has 1 aromatic heterocycles. The Balaban J connectivity index is 2.02. The van der Waals surface area contributed by atoms with Crippen LogP contribution >= 0.6 is 0 Å². The summed E-state index contributed by atoms with van der Waals surface area (Å²) in [6.45, 7) is 3.56. The standard InChI is InChI=1S/C15H16N4O3/c1-10-9-13(19(21)22)3-4-14(10)18-15(20)17-11(2)12-5-7-16-8-6-12/h3-9,11H,1-2H3,(H2,17,18,20). The Morgan fingerprint density at radius 2 is 1.95 bits per heavy atom. The Hall–Kier alpha value is -2.96. The molecule has 2 N–H and O–H groups in total. The Kier molecular flexibility index (Phi) is 4.67. The number of non-ortho nitro benzene ring substituents is 1. The Morgan fingerprint density at radius 1 is 1.27 bits per heavy atom. The lowest BCUT2D eigenvalue weighted by Crippen LogP contribution is -2.31. The van der Waals surface area contributed by atoms with Gasteiger partial charge in [-0.25, -0.2) is 4.79 Å². The quantitative estimate of drug-likeness (QED) is 0.669. The molecule has 7 nitrogen and oxygen atoms in total. The molecule has 114 valence electrons. The topological polar surface area (TPSA) is 97.2 Å². The predicted octanol–water partition coefficient (Wildman–Crippen LogP) is 3.18. The van der Waals surface area contributed by atoms with Crippen molar-refractivity contribution in [3.05, 3.63) is 64.0 Å². The summed E-state index contributed by atoms with van der Waals surface area (Å²) in [6, 6.07) is 7.38. The fourth-order valence-electron chi connectivity index (χ4n) is 1.99. The van der Waals surface area contributed by atoms with Gasteiger partial charge >= 0.3 is 6.03 Å². The largest absolute Gasteiger partial charge is 0.331 e. The molecule has 0 saturated heterocycles. The molecule has 0 radical (unpaired) electrons. The number of anilines is 1. The van der Waals surface area contributed by atoms with Crippen molar-refractivity contribution in [1.29, 1.82) is 0 Å². The van der Waals surface area contributed by atoms with Crippen molar-refractivity contribution < 1.29 is 9.72 Å². The molecular weight excluding hydrogens is 284 g/mol. The van der Waals surface area contributed by atoms with E-state index in [1.165, 1.54) is 18.2 Å². The number of carbonyl (C=O) groups excluding carboxylic acids is 1. The summed E-state index contributed by atoms with van der Waals surface area (Å²) in [5, 5.41) is 16.2. The van der Waals surface area contributed by atoms with E-state index in [2.05, 4.69) is 15.6 Å². The molecule has 22 heavy (non-hydrogen) atoms. The van der Waals surface area contributed by atoms with Crippen molar-refractivity contribution in [3.8, 4) is 0 Å². The minimum Gasteiger partial charge on any atom is -0.331 e. The third-order valence-electron chi connectivity index (χ3n) is 3.22. The van der Waals surface area contributed by atoms with Crippen molar-refractivity contribution in [3.63, 3.8) is 0 Å². The van der Waals surface area contributed by atoms with E-state index in [0.29, 0.717) is 11.3 Å². The monoisotopic (exact) mass is 300 g/mol. The highest BCUT2D eigenvalue weighted by Gasteiger charge is 2.12. The minimum absolute atomic E-state index is 0.00592. The average molecular weight is 300 g/mol. The smallest absolute Gasteiger partial charge is 0.319 e. The van der Waals surface area contributed by atoms with Crippen LogP contribution in [-0.2, 0) is 0 Å². The number of nitrogens with one attached hydrogen (secondary N) is 2. The van der Waals surface area contributed by atoms with E-state index in [0.717, 1.165) is 5.56 Å². The maximum absolute atomic E-state index is 12.0. The number of carbonyl (C=O) groups is 1. The molecule has 0 aliphatic heterocycles. The van der Waals surface area contributed by atoms with Crippen molar-refractivity contribution in [2.24, 2.45) is 0 Å². The highest BCUT2D eigenvalue weighted by Crippen LogP contribution is 2.21. The number of rotatable bonds is 4. The number of nitro benzene ring substituents is 1. The molecule has 1 heterocycles. The van der Waals surface area contributed by atoms with Crippen molar-refractivity contribution in [2.75, 3.05) is 5.32 Å². The van der Waals surface area contributed by atoms with E-state index in [1.54, 1.807) is 19.3 Å². The van der Waals surface area contributed by atoms with E-state index < -0.39 is 4.92 Å². The molecule has 0 spiro atoms. The molecule has 0 aliphatic rings. The lowest BCUT2D eigenvalue weighted by atomic mass is 10.1. The first-order chi connectivity index (χ1) is 10.5. The van der Waals surface area contributed by atoms with E-state index in [9.17, 15) is 14.9 Å². The van der Waals surface area contributed by atoms with Gasteiger partial charge in [0, 0.05) is 30.2 Å². The number of aryl methyl sites for hydroxylation is 1. The van der Waals surface area contributed by atoms with Crippen LogP contribution in [0.5, 0.6) is 0 Å². The minimum atomic E-state index is -0.470. The SMILES string of the molecule is Cc1cc([N+](=O)[O-])ccc1NC(=O)NC(C)c1ccncc1. The molecule has 0 bridgehead atoms. The third-order valence-corrected chi connectivity index (χ3v) is 3.22. The van der Waals surface area contributed by atoms with Gasteiger partial charge in [-0.15, -0.1) is 0 Å². The Labute approximate surface area is 127 Å². The number of hydrogen-bond acceptors (Lipinski definition) is 4. The van der Waals surface area contributed by atoms with Crippen LogP contribution in [0.15, 0.2) is 42.7 Å². The molecule has 1 unspecified atom stereocenters. The van der Waals surface area contributed by atoms with Gasteiger partial charge in [-0.1, -0.05) is 0 Å². The summed E-state index contributed by atoms with van der Waals surface area (Å²) < 4.78 is 0. The summed E-state index contributed by atoms with van der Waals surface area (Å²) in [7, 11) is 0. The second-order valence-electron chi connectivity index (χ2n) is 4.86. The van der Waals surface area contributed by atoms with E-state index in [1.807, 2.05) is 19.1 Å². The number of amides is 2. The summed E-state index contributed by atoms with van der Waals surface area (Å²) in [4.78, 5) is 26.1. The second kappa shape index (κ2) is 6.66. The Bertz CT molecular complexity index is 688. The number of nitrogens with zero attached hydrogens (tertiary/aromatic N) is 2. The second-order valence-corrected chi connectivity index (χ2v) is 4.86. The van der Waals surface area contributed by atoms with Gasteiger partial charge in [-0.05, 0) is 43.2 Å². The fourth-order valence-corrected chi connectivity index (χ4v) is 1.99. The van der Waals surface area contributed by atoms with Crippen LogP contribution < -0.4 is 10.6 Å². The van der Waals surface area contributed by atoms with E-state index in [-0.39, 0.29) is 17.8 Å². The van der Waals surface area contributed by atoms with Gasteiger partial charge in [0.1, 0.15) is 0 Å². The average Bonchev–Trinajstić information content (AvgIpc) is 2.50. The zero-order valence-corrected chi connectivity index (χ0v) is 12.2. The number of aromatic nitrogens is 1. The molecule has 2 amide bonds. The normalized spacial score (nSPS) is 11.5. The molecular formula is C15H16N4O3. The molecule has 2 aromatic rings. The molecule has 0 saturated carbocycles. The lowest BCUT2D eigenvalue weighted by Gasteiger charge is -2.15. The molecule has 7 heteroatoms. The zero-order valence-electron chi connectivity index (χ0n) is 12.2. The Morgan fingerprint density at radius 3 is 2.55 bits per heavy atom. The van der Waals surface area contributed by atoms with Gasteiger partial charge in [0.2, 0.25) is 0 Å². The van der Waals surface area contributed by atoms with Gasteiger partial charge < -0.3 is 10.6 Å². The summed E-state index contributed by atoms with van der Waals surface area (Å²) in [5.41, 5.74) is 2.09. The zero-order chi connectivity index (χ0) is 16.1. The lowest BCUT2D eigenvalue weighted by molar-refractivity contribution is -0.384. The van der Waals surface area contributed by atoms with Gasteiger partial charge in [0.25, 0.3) is 5.69 Å². The van der Waals surface area contributed by atoms with Crippen LogP contribution in [0, 0.1) is 17.0 Å². The summed E-state index contributed by atoms with van der Waals surface area (Å²) >= 11 is 0. The fraction of sp³-hybridized carbons (Fsp3) is 0.200. The highest BCUT2D eigenvalue weighted by molar-refractivity contribution is 5.90. The first kappa shape index (κ1) is 15.4.